The molecule has 0 radical (unpaired) electrons. The first kappa shape index (κ1) is 7.15. The Morgan fingerprint density at radius 2 is 2.17 bits per heavy atom. The Labute approximate surface area is 72.6 Å². The lowest BCUT2D eigenvalue weighted by Gasteiger charge is -1.97. The first-order valence-electron chi connectivity index (χ1n) is 4.06. The Bertz CT molecular complexity index is 367. The lowest BCUT2D eigenvalue weighted by atomic mass is 10.1. The normalized spacial score (nSPS) is 19.5. The van der Waals surface area contributed by atoms with Gasteiger partial charge in [0.25, 0.3) is 0 Å². The summed E-state index contributed by atoms with van der Waals surface area (Å²) in [4.78, 5) is 0. The second kappa shape index (κ2) is 2.84. The van der Waals surface area contributed by atoms with Gasteiger partial charge in [0, 0.05) is 5.57 Å². The van der Waals surface area contributed by atoms with Gasteiger partial charge in [-0.3, -0.25) is 0 Å². The molecule has 0 saturated carbocycles. The van der Waals surface area contributed by atoms with Gasteiger partial charge in [-0.25, -0.2) is 0 Å². The molecule has 58 valence electrons. The van der Waals surface area contributed by atoms with Gasteiger partial charge in [-0.05, 0) is 17.6 Å². The van der Waals surface area contributed by atoms with Crippen molar-refractivity contribution in [3.05, 3.63) is 65.5 Å². The summed E-state index contributed by atoms with van der Waals surface area (Å²) in [5.74, 6) is 0. The third kappa shape index (κ3) is 1.03. The Balaban J connectivity index is 2.53. The van der Waals surface area contributed by atoms with E-state index in [0.29, 0.717) is 0 Å². The molecule has 0 unspecified atom stereocenters. The summed E-state index contributed by atoms with van der Waals surface area (Å²) in [6, 6.07) is 0. The fraction of sp³-hybridized carbons (Fsp3) is 0.0833. The van der Waals surface area contributed by atoms with Crippen molar-refractivity contribution >= 4 is 0 Å². The lowest BCUT2D eigenvalue weighted by molar-refractivity contribution is 1.33. The molecule has 0 heterocycles. The van der Waals surface area contributed by atoms with Gasteiger partial charge >= 0.3 is 0 Å². The minimum atomic E-state index is 0.975. The zero-order valence-corrected chi connectivity index (χ0v) is 6.88. The zero-order valence-electron chi connectivity index (χ0n) is 6.88. The number of allylic oxidation sites excluding steroid dienone is 9. The van der Waals surface area contributed by atoms with Crippen molar-refractivity contribution in [3.8, 4) is 0 Å². The second-order valence-corrected chi connectivity index (χ2v) is 2.84. The van der Waals surface area contributed by atoms with E-state index < -0.39 is 0 Å². The molecule has 12 heavy (non-hydrogen) atoms. The van der Waals surface area contributed by atoms with Crippen LogP contribution in [0.15, 0.2) is 65.5 Å². The fourth-order valence-electron chi connectivity index (χ4n) is 1.50. The van der Waals surface area contributed by atoms with Crippen molar-refractivity contribution in [3.63, 3.8) is 0 Å². The molecule has 0 heteroatoms. The minimum absolute atomic E-state index is 0.975. The highest BCUT2D eigenvalue weighted by molar-refractivity contribution is 5.59. The molecule has 0 spiro atoms. The van der Waals surface area contributed by atoms with Gasteiger partial charge in [0.05, 0.1) is 0 Å². The van der Waals surface area contributed by atoms with Crippen molar-refractivity contribution in [1.29, 1.82) is 0 Å². The third-order valence-corrected chi connectivity index (χ3v) is 2.14. The van der Waals surface area contributed by atoms with Crippen LogP contribution in [-0.2, 0) is 0 Å². The summed E-state index contributed by atoms with van der Waals surface area (Å²) >= 11 is 0. The topological polar surface area (TPSA) is 0 Å². The monoisotopic (exact) mass is 154 g/mol. The van der Waals surface area contributed by atoms with Crippen molar-refractivity contribution in [2.24, 2.45) is 0 Å². The molecule has 0 fully saturated rings. The summed E-state index contributed by atoms with van der Waals surface area (Å²) in [6.07, 6.45) is 13.6. The van der Waals surface area contributed by atoms with Crippen LogP contribution in [0, 0.1) is 0 Å². The van der Waals surface area contributed by atoms with E-state index in [0.717, 1.165) is 6.42 Å². The summed E-state index contributed by atoms with van der Waals surface area (Å²) in [5, 5.41) is 0. The smallest absolute Gasteiger partial charge is 0.00497 e. The number of fused-ring (bicyclic) bond motifs is 1. The van der Waals surface area contributed by atoms with Crippen LogP contribution in [0.4, 0.5) is 0 Å². The van der Waals surface area contributed by atoms with Crippen molar-refractivity contribution in [2.45, 2.75) is 6.42 Å². The number of hydrogen-bond acceptors (Lipinski definition) is 0. The van der Waals surface area contributed by atoms with Gasteiger partial charge in [-0.1, -0.05) is 43.0 Å². The van der Waals surface area contributed by atoms with Crippen LogP contribution in [0.1, 0.15) is 6.42 Å². The second-order valence-electron chi connectivity index (χ2n) is 2.84. The summed E-state index contributed by atoms with van der Waals surface area (Å²) in [5.41, 5.74) is 6.75. The van der Waals surface area contributed by atoms with E-state index >= 15 is 0 Å². The molecule has 0 aromatic heterocycles. The maximum atomic E-state index is 3.68. The molecule has 0 nitrogen and oxygen atoms in total. The zero-order chi connectivity index (χ0) is 8.39. The predicted octanol–water partition coefficient (Wildman–Crippen LogP) is 3.08. The van der Waals surface area contributed by atoms with E-state index in [2.05, 4.69) is 42.7 Å². The molecule has 0 aromatic carbocycles. The molecule has 0 amide bonds. The highest BCUT2D eigenvalue weighted by Crippen LogP contribution is 2.31. The highest BCUT2D eigenvalue weighted by Gasteiger charge is 2.13. The van der Waals surface area contributed by atoms with Crippen LogP contribution in [0.5, 0.6) is 0 Å². The highest BCUT2D eigenvalue weighted by atomic mass is 14.2. The standard InChI is InChI=1S/C12H10/c1-2-10-8-9-11-6-4-3-5-7-12(10)11/h3-7,9H,1,8H2. The Hall–Kier alpha value is -1.52. The molecule has 0 saturated heterocycles. The molecule has 0 aliphatic heterocycles. The van der Waals surface area contributed by atoms with Crippen LogP contribution < -0.4 is 0 Å². The molecule has 0 aromatic rings. The van der Waals surface area contributed by atoms with E-state index in [1.165, 1.54) is 16.7 Å². The van der Waals surface area contributed by atoms with Gasteiger partial charge in [0.1, 0.15) is 0 Å². The summed E-state index contributed by atoms with van der Waals surface area (Å²) in [7, 11) is 0. The quantitative estimate of drug-likeness (QED) is 0.470. The molecule has 2 rings (SSSR count). The molecule has 2 aliphatic rings. The van der Waals surface area contributed by atoms with Gasteiger partial charge in [0.2, 0.25) is 0 Å². The number of rotatable bonds is 0. The van der Waals surface area contributed by atoms with Gasteiger partial charge in [-0.15, -0.1) is 5.73 Å². The van der Waals surface area contributed by atoms with Gasteiger partial charge in [-0.2, -0.15) is 0 Å². The van der Waals surface area contributed by atoms with Crippen LogP contribution in [-0.4, -0.2) is 0 Å². The van der Waals surface area contributed by atoms with E-state index in [1.807, 2.05) is 6.08 Å². The lowest BCUT2D eigenvalue weighted by Crippen LogP contribution is -1.80. The first-order valence-corrected chi connectivity index (χ1v) is 4.06. The Morgan fingerprint density at radius 3 is 3.00 bits per heavy atom. The van der Waals surface area contributed by atoms with Crippen LogP contribution in [0.2, 0.25) is 0 Å². The third-order valence-electron chi connectivity index (χ3n) is 2.14. The molecule has 0 bridgehead atoms. The van der Waals surface area contributed by atoms with Crippen molar-refractivity contribution in [1.82, 2.24) is 0 Å². The largest absolute Gasteiger partial charge is 0.124 e. The molecule has 0 atom stereocenters. The van der Waals surface area contributed by atoms with E-state index in [4.69, 9.17) is 0 Å². The fourth-order valence-corrected chi connectivity index (χ4v) is 1.50. The van der Waals surface area contributed by atoms with Crippen LogP contribution in [0.3, 0.4) is 0 Å². The van der Waals surface area contributed by atoms with Crippen LogP contribution >= 0.6 is 0 Å². The van der Waals surface area contributed by atoms with Crippen molar-refractivity contribution in [2.75, 3.05) is 0 Å². The van der Waals surface area contributed by atoms with E-state index in [1.54, 1.807) is 0 Å². The van der Waals surface area contributed by atoms with Gasteiger partial charge in [0.15, 0.2) is 0 Å². The molecular formula is C12H10. The summed E-state index contributed by atoms with van der Waals surface area (Å²) in [6.45, 7) is 3.68. The maximum Gasteiger partial charge on any atom is 0.00497 e. The minimum Gasteiger partial charge on any atom is -0.124 e. The maximum absolute atomic E-state index is 3.68. The average Bonchev–Trinajstić information content (AvgIpc) is 2.33. The van der Waals surface area contributed by atoms with Crippen molar-refractivity contribution < 1.29 is 0 Å². The predicted molar refractivity (Wildman–Crippen MR) is 51.7 cm³/mol. The van der Waals surface area contributed by atoms with E-state index in [9.17, 15) is 0 Å². The average molecular weight is 154 g/mol. The molecule has 2 aliphatic carbocycles. The molecular weight excluding hydrogens is 144 g/mol. The number of hydrogen-bond donors (Lipinski definition) is 0. The summed E-state index contributed by atoms with van der Waals surface area (Å²) < 4.78 is 0. The van der Waals surface area contributed by atoms with Crippen LogP contribution in [0.25, 0.3) is 0 Å². The van der Waals surface area contributed by atoms with E-state index in [-0.39, 0.29) is 0 Å². The Kier molecular flexibility index (Phi) is 1.69. The first-order chi connectivity index (χ1) is 5.92. The SMILES string of the molecule is C=C=C1CC=C2C=CC=CC=C12. The molecule has 0 N–H and O–H groups in total. The Morgan fingerprint density at radius 1 is 1.25 bits per heavy atom. The van der Waals surface area contributed by atoms with Gasteiger partial charge < -0.3 is 0 Å².